The molecule has 0 spiro atoms. The Labute approximate surface area is 188 Å². The summed E-state index contributed by atoms with van der Waals surface area (Å²) in [5.74, 6) is 2.20. The van der Waals surface area contributed by atoms with E-state index in [1.165, 1.54) is 4.88 Å². The molecule has 2 fully saturated rings. The Bertz CT molecular complexity index is 828. The molecule has 0 bridgehead atoms. The van der Waals surface area contributed by atoms with Crippen molar-refractivity contribution in [1.82, 2.24) is 20.0 Å². The minimum atomic E-state index is 0.0666. The van der Waals surface area contributed by atoms with Crippen LogP contribution in [0.5, 0.6) is 0 Å². The van der Waals surface area contributed by atoms with Crippen LogP contribution in [0.4, 0.5) is 0 Å². The number of amides is 1. The third kappa shape index (κ3) is 5.89. The van der Waals surface area contributed by atoms with Crippen molar-refractivity contribution >= 4 is 23.2 Å². The van der Waals surface area contributed by atoms with Crippen LogP contribution in [-0.4, -0.2) is 85.5 Å². The van der Waals surface area contributed by atoms with Crippen molar-refractivity contribution in [2.45, 2.75) is 31.7 Å². The zero-order valence-corrected chi connectivity index (χ0v) is 19.1. The van der Waals surface area contributed by atoms with Gasteiger partial charge >= 0.3 is 0 Å². The van der Waals surface area contributed by atoms with Crippen molar-refractivity contribution in [3.63, 3.8) is 0 Å². The average molecular weight is 444 g/mol. The van der Waals surface area contributed by atoms with Crippen LogP contribution in [0.25, 0.3) is 0 Å². The van der Waals surface area contributed by atoms with Gasteiger partial charge in [-0.15, -0.1) is 11.3 Å². The molecule has 7 nitrogen and oxygen atoms in total. The number of carbonyl (C=O) groups is 1. The van der Waals surface area contributed by atoms with E-state index < -0.39 is 0 Å². The van der Waals surface area contributed by atoms with E-state index in [4.69, 9.17) is 9.41 Å². The van der Waals surface area contributed by atoms with Gasteiger partial charge in [-0.1, -0.05) is 6.07 Å². The third-order valence-corrected chi connectivity index (χ3v) is 7.07. The molecule has 1 N–H and O–H groups in total. The molecule has 2 saturated heterocycles. The molecule has 8 heteroatoms. The van der Waals surface area contributed by atoms with Gasteiger partial charge < -0.3 is 19.5 Å². The van der Waals surface area contributed by atoms with Crippen molar-refractivity contribution in [2.24, 2.45) is 4.99 Å². The van der Waals surface area contributed by atoms with Crippen molar-refractivity contribution in [1.29, 1.82) is 0 Å². The molecule has 0 saturated carbocycles. The number of nitrogens with one attached hydrogen (secondary N) is 1. The number of thiophene rings is 1. The summed E-state index contributed by atoms with van der Waals surface area (Å²) >= 11 is 1.78. The number of aliphatic imine (C=N–C) groups is 1. The Morgan fingerprint density at radius 2 is 2.00 bits per heavy atom. The van der Waals surface area contributed by atoms with Crippen LogP contribution < -0.4 is 5.32 Å². The molecule has 0 radical (unpaired) electrons. The summed E-state index contributed by atoms with van der Waals surface area (Å²) in [6, 6.07) is 8.24. The summed E-state index contributed by atoms with van der Waals surface area (Å²) in [5, 5.41) is 5.63. The van der Waals surface area contributed by atoms with Crippen LogP contribution in [0.1, 0.15) is 23.5 Å². The fourth-order valence-electron chi connectivity index (χ4n) is 4.32. The van der Waals surface area contributed by atoms with Gasteiger partial charge in [-0.2, -0.15) is 0 Å². The highest BCUT2D eigenvalue weighted by Gasteiger charge is 2.33. The molecule has 31 heavy (non-hydrogen) atoms. The molecule has 1 unspecified atom stereocenters. The summed E-state index contributed by atoms with van der Waals surface area (Å²) in [4.78, 5) is 25.7. The predicted octanol–water partition coefficient (Wildman–Crippen LogP) is 2.31. The molecule has 0 aromatic carbocycles. The molecule has 0 aliphatic carbocycles. The first kappa shape index (κ1) is 21.9. The van der Waals surface area contributed by atoms with Crippen molar-refractivity contribution in [3.05, 3.63) is 46.5 Å². The predicted molar refractivity (Wildman–Crippen MR) is 125 cm³/mol. The third-order valence-electron chi connectivity index (χ3n) is 6.13. The summed E-state index contributed by atoms with van der Waals surface area (Å²) in [5.41, 5.74) is 0. The number of rotatable bonds is 7. The van der Waals surface area contributed by atoms with E-state index in [0.717, 1.165) is 83.2 Å². The number of hydrogen-bond donors (Lipinski definition) is 1. The Morgan fingerprint density at radius 1 is 1.16 bits per heavy atom. The van der Waals surface area contributed by atoms with Gasteiger partial charge in [-0.3, -0.25) is 14.7 Å². The smallest absolute Gasteiger partial charge is 0.240 e. The van der Waals surface area contributed by atoms with Crippen LogP contribution in [0.3, 0.4) is 0 Å². The molecular weight excluding hydrogens is 410 g/mol. The van der Waals surface area contributed by atoms with Crippen LogP contribution in [0, 0.1) is 0 Å². The lowest BCUT2D eigenvalue weighted by molar-refractivity contribution is -0.136. The SMILES string of the molecule is CN1CCCC1C(=O)N1CCN(C(=NCCc2cccs2)NCCc2ccco2)CC1. The second kappa shape index (κ2) is 10.8. The fourth-order valence-corrected chi connectivity index (χ4v) is 5.02. The highest BCUT2D eigenvalue weighted by Crippen LogP contribution is 2.18. The summed E-state index contributed by atoms with van der Waals surface area (Å²) in [6.45, 7) is 5.70. The molecule has 1 amide bonds. The van der Waals surface area contributed by atoms with E-state index in [2.05, 4.69) is 39.7 Å². The molecule has 2 aliphatic rings. The first-order valence-corrected chi connectivity index (χ1v) is 12.2. The van der Waals surface area contributed by atoms with Gasteiger partial charge in [-0.05, 0) is 50.0 Å². The average Bonchev–Trinajstić information content (AvgIpc) is 3.56. The second-order valence-corrected chi connectivity index (χ2v) is 9.27. The Morgan fingerprint density at radius 3 is 2.68 bits per heavy atom. The number of likely N-dealkylation sites (N-methyl/N-ethyl adjacent to an activating group) is 1. The number of guanidine groups is 1. The normalized spacial score (nSPS) is 20.4. The number of carbonyl (C=O) groups excluding carboxylic acids is 1. The van der Waals surface area contributed by atoms with Crippen LogP contribution in [-0.2, 0) is 17.6 Å². The zero-order chi connectivity index (χ0) is 21.5. The van der Waals surface area contributed by atoms with Gasteiger partial charge in [0.25, 0.3) is 0 Å². The monoisotopic (exact) mass is 443 g/mol. The Kier molecular flexibility index (Phi) is 7.64. The summed E-state index contributed by atoms with van der Waals surface area (Å²) in [6.07, 6.45) is 5.59. The van der Waals surface area contributed by atoms with Crippen LogP contribution in [0.2, 0.25) is 0 Å². The number of piperazine rings is 1. The lowest BCUT2D eigenvalue weighted by Crippen LogP contribution is -2.56. The highest BCUT2D eigenvalue weighted by molar-refractivity contribution is 7.09. The van der Waals surface area contributed by atoms with Crippen LogP contribution >= 0.6 is 11.3 Å². The minimum Gasteiger partial charge on any atom is -0.469 e. The van der Waals surface area contributed by atoms with Gasteiger partial charge in [0.2, 0.25) is 5.91 Å². The van der Waals surface area contributed by atoms with Gasteiger partial charge in [-0.25, -0.2) is 0 Å². The maximum absolute atomic E-state index is 12.9. The quantitative estimate of drug-likeness (QED) is 0.526. The Balaban J connectivity index is 1.32. The maximum Gasteiger partial charge on any atom is 0.240 e. The molecule has 1 atom stereocenters. The lowest BCUT2D eigenvalue weighted by atomic mass is 10.1. The minimum absolute atomic E-state index is 0.0666. The first-order valence-electron chi connectivity index (χ1n) is 11.3. The van der Waals surface area contributed by atoms with Gasteiger partial charge in [0.05, 0.1) is 12.3 Å². The molecule has 4 rings (SSSR count). The van der Waals surface area contributed by atoms with Crippen molar-refractivity contribution in [3.8, 4) is 0 Å². The fraction of sp³-hybridized carbons (Fsp3) is 0.565. The van der Waals surface area contributed by atoms with E-state index in [0.29, 0.717) is 5.91 Å². The molecule has 2 aromatic rings. The van der Waals surface area contributed by atoms with E-state index in [1.807, 2.05) is 17.0 Å². The second-order valence-electron chi connectivity index (χ2n) is 8.24. The van der Waals surface area contributed by atoms with Gasteiger partial charge in [0, 0.05) is 57.0 Å². The Hall–Kier alpha value is -2.32. The van der Waals surface area contributed by atoms with E-state index in [1.54, 1.807) is 17.6 Å². The summed E-state index contributed by atoms with van der Waals surface area (Å²) in [7, 11) is 2.06. The number of likely N-dealkylation sites (tertiary alicyclic amines) is 1. The van der Waals surface area contributed by atoms with Gasteiger partial charge in [0.1, 0.15) is 5.76 Å². The first-order chi connectivity index (χ1) is 15.2. The van der Waals surface area contributed by atoms with E-state index in [9.17, 15) is 4.79 Å². The highest BCUT2D eigenvalue weighted by atomic mass is 32.1. The van der Waals surface area contributed by atoms with Crippen molar-refractivity contribution in [2.75, 3.05) is 52.9 Å². The lowest BCUT2D eigenvalue weighted by Gasteiger charge is -2.38. The summed E-state index contributed by atoms with van der Waals surface area (Å²) < 4.78 is 5.45. The van der Waals surface area contributed by atoms with Crippen LogP contribution in [0.15, 0.2) is 45.3 Å². The largest absolute Gasteiger partial charge is 0.469 e. The van der Waals surface area contributed by atoms with E-state index in [-0.39, 0.29) is 6.04 Å². The molecule has 2 aliphatic heterocycles. The van der Waals surface area contributed by atoms with Gasteiger partial charge in [0.15, 0.2) is 5.96 Å². The maximum atomic E-state index is 12.9. The van der Waals surface area contributed by atoms with E-state index >= 15 is 0 Å². The number of hydrogen-bond acceptors (Lipinski definition) is 5. The molecule has 168 valence electrons. The zero-order valence-electron chi connectivity index (χ0n) is 18.3. The molecular formula is C23H33N5O2S. The molecule has 2 aromatic heterocycles. The van der Waals surface area contributed by atoms with Crippen molar-refractivity contribution < 1.29 is 9.21 Å². The topological polar surface area (TPSA) is 64.3 Å². The number of nitrogens with zero attached hydrogens (tertiary/aromatic N) is 4. The molecule has 4 heterocycles. The standard InChI is InChI=1S/C23H33N5O2S/c1-26-12-2-7-21(26)22(29)27-13-15-28(16-14-27)23(24-10-8-19-5-3-17-30-19)25-11-9-20-6-4-18-31-20/h3-6,17-18,21H,2,7-16H2,1H3,(H,24,25). The number of furan rings is 1.